The average Bonchev–Trinajstić information content (AvgIpc) is 3.38. The van der Waals surface area contributed by atoms with Crippen molar-refractivity contribution in [2.24, 2.45) is 4.99 Å². The van der Waals surface area contributed by atoms with Gasteiger partial charge < -0.3 is 16.0 Å². The number of amides is 1. The quantitative estimate of drug-likeness (QED) is 0.240. The highest BCUT2D eigenvalue weighted by molar-refractivity contribution is 14.0. The van der Waals surface area contributed by atoms with Gasteiger partial charge in [0, 0.05) is 29.5 Å². The number of aromatic nitrogens is 2. The lowest BCUT2D eigenvalue weighted by Gasteiger charge is -2.11. The summed E-state index contributed by atoms with van der Waals surface area (Å²) in [4.78, 5) is 18.0. The Labute approximate surface area is 191 Å². The molecule has 0 radical (unpaired) electrons. The van der Waals surface area contributed by atoms with Crippen LogP contribution in [0, 0.1) is 0 Å². The zero-order valence-electron chi connectivity index (χ0n) is 16.2. The molecular formula is C20H25IN6OS. The van der Waals surface area contributed by atoms with E-state index in [1.54, 1.807) is 34.5 Å². The normalized spacial score (nSPS) is 10.9. The first-order chi connectivity index (χ1) is 13.7. The Bertz CT molecular complexity index is 896. The zero-order valence-corrected chi connectivity index (χ0v) is 19.3. The van der Waals surface area contributed by atoms with Crippen LogP contribution in [0.2, 0.25) is 0 Å². The van der Waals surface area contributed by atoms with Gasteiger partial charge in [-0.25, -0.2) is 4.99 Å². The summed E-state index contributed by atoms with van der Waals surface area (Å²) in [7, 11) is 0. The standard InChI is InChI=1S/C20H24N6OS.HI/c1-2-21-20(23-14-18-8-4-11-28-18)22-13-16-6-3-7-17(12-16)25-19(27)15-26-10-5-9-24-26;/h3-12H,2,13-15H2,1H3,(H,25,27)(H2,21,22,23);1H. The molecule has 0 saturated heterocycles. The van der Waals surface area contributed by atoms with Gasteiger partial charge in [0.05, 0.1) is 13.1 Å². The van der Waals surface area contributed by atoms with E-state index in [0.29, 0.717) is 6.54 Å². The van der Waals surface area contributed by atoms with Crippen LogP contribution in [-0.4, -0.2) is 28.2 Å². The van der Waals surface area contributed by atoms with Crippen LogP contribution in [-0.2, 0) is 24.4 Å². The summed E-state index contributed by atoms with van der Waals surface area (Å²) in [5.74, 6) is 0.652. The van der Waals surface area contributed by atoms with Crippen molar-refractivity contribution in [3.8, 4) is 0 Å². The van der Waals surface area contributed by atoms with E-state index in [1.807, 2.05) is 37.3 Å². The molecule has 9 heteroatoms. The number of nitrogens with one attached hydrogen (secondary N) is 3. The van der Waals surface area contributed by atoms with E-state index in [1.165, 1.54) is 4.88 Å². The molecule has 3 aromatic rings. The van der Waals surface area contributed by atoms with E-state index >= 15 is 0 Å². The van der Waals surface area contributed by atoms with Crippen LogP contribution < -0.4 is 16.0 Å². The number of guanidine groups is 1. The molecule has 3 rings (SSSR count). The molecule has 154 valence electrons. The zero-order chi connectivity index (χ0) is 19.6. The summed E-state index contributed by atoms with van der Waals surface area (Å²) in [5.41, 5.74) is 1.77. The van der Waals surface area contributed by atoms with E-state index in [9.17, 15) is 4.79 Å². The molecule has 3 N–H and O–H groups in total. The first kappa shape index (κ1) is 22.9. The second kappa shape index (κ2) is 12.2. The maximum atomic E-state index is 12.1. The average molecular weight is 524 g/mol. The fraction of sp³-hybridized carbons (Fsp3) is 0.250. The molecule has 0 aliphatic carbocycles. The lowest BCUT2D eigenvalue weighted by atomic mass is 10.2. The number of rotatable bonds is 8. The van der Waals surface area contributed by atoms with E-state index in [-0.39, 0.29) is 36.4 Å². The summed E-state index contributed by atoms with van der Waals surface area (Å²) in [5, 5.41) is 15.6. The Kier molecular flexibility index (Phi) is 9.65. The van der Waals surface area contributed by atoms with Crippen LogP contribution in [0.3, 0.4) is 0 Å². The highest BCUT2D eigenvalue weighted by Crippen LogP contribution is 2.12. The molecule has 0 aliphatic rings. The van der Waals surface area contributed by atoms with Gasteiger partial charge >= 0.3 is 0 Å². The number of nitrogens with zero attached hydrogens (tertiary/aromatic N) is 3. The van der Waals surface area contributed by atoms with Gasteiger partial charge in [0.25, 0.3) is 0 Å². The van der Waals surface area contributed by atoms with Gasteiger partial charge in [-0.05, 0) is 42.1 Å². The number of halogens is 1. The smallest absolute Gasteiger partial charge is 0.246 e. The van der Waals surface area contributed by atoms with E-state index in [4.69, 9.17) is 0 Å². The molecule has 0 atom stereocenters. The SMILES string of the molecule is CCNC(=NCc1cccc(NC(=O)Cn2cccn2)c1)NCc1cccs1.I. The fourth-order valence-electron chi connectivity index (χ4n) is 2.59. The van der Waals surface area contributed by atoms with E-state index < -0.39 is 0 Å². The number of thiophene rings is 1. The van der Waals surface area contributed by atoms with Crippen LogP contribution in [0.15, 0.2) is 65.2 Å². The minimum atomic E-state index is -0.115. The van der Waals surface area contributed by atoms with Gasteiger partial charge in [0.1, 0.15) is 6.54 Å². The predicted molar refractivity (Wildman–Crippen MR) is 129 cm³/mol. The van der Waals surface area contributed by atoms with Gasteiger partial charge in [-0.2, -0.15) is 5.10 Å². The number of carbonyl (C=O) groups is 1. The lowest BCUT2D eigenvalue weighted by molar-refractivity contribution is -0.116. The van der Waals surface area contributed by atoms with Crippen LogP contribution in [0.5, 0.6) is 0 Å². The highest BCUT2D eigenvalue weighted by atomic mass is 127. The van der Waals surface area contributed by atoms with Gasteiger partial charge in [-0.15, -0.1) is 35.3 Å². The first-order valence-corrected chi connectivity index (χ1v) is 10.0. The van der Waals surface area contributed by atoms with Crippen molar-refractivity contribution in [1.29, 1.82) is 0 Å². The van der Waals surface area contributed by atoms with Crippen molar-refractivity contribution in [1.82, 2.24) is 20.4 Å². The van der Waals surface area contributed by atoms with Gasteiger partial charge in [-0.1, -0.05) is 18.2 Å². The van der Waals surface area contributed by atoms with Crippen molar-refractivity contribution in [3.05, 3.63) is 70.7 Å². The lowest BCUT2D eigenvalue weighted by Crippen LogP contribution is -2.36. The highest BCUT2D eigenvalue weighted by Gasteiger charge is 2.05. The molecule has 0 saturated carbocycles. The van der Waals surface area contributed by atoms with Crippen LogP contribution in [0.25, 0.3) is 0 Å². The maximum absolute atomic E-state index is 12.1. The number of carbonyl (C=O) groups excluding carboxylic acids is 1. The molecule has 0 bridgehead atoms. The summed E-state index contributed by atoms with van der Waals surface area (Å²) >= 11 is 1.71. The van der Waals surface area contributed by atoms with Crippen molar-refractivity contribution in [2.75, 3.05) is 11.9 Å². The third kappa shape index (κ3) is 7.86. The summed E-state index contributed by atoms with van der Waals surface area (Å²) < 4.78 is 1.59. The Morgan fingerprint density at radius 1 is 1.21 bits per heavy atom. The second-order valence-corrected chi connectivity index (χ2v) is 7.11. The van der Waals surface area contributed by atoms with Gasteiger partial charge in [0.2, 0.25) is 5.91 Å². The Balaban J connectivity index is 0.00000300. The third-order valence-electron chi connectivity index (χ3n) is 3.85. The van der Waals surface area contributed by atoms with Gasteiger partial charge in [0.15, 0.2) is 5.96 Å². The number of benzene rings is 1. The van der Waals surface area contributed by atoms with E-state index in [2.05, 4.69) is 37.5 Å². The minimum absolute atomic E-state index is 0. The van der Waals surface area contributed by atoms with Crippen molar-refractivity contribution < 1.29 is 4.79 Å². The fourth-order valence-corrected chi connectivity index (χ4v) is 3.23. The molecule has 0 unspecified atom stereocenters. The Hall–Kier alpha value is -2.40. The van der Waals surface area contributed by atoms with Crippen LogP contribution in [0.1, 0.15) is 17.4 Å². The molecule has 1 amide bonds. The summed E-state index contributed by atoms with van der Waals surface area (Å²) in [6, 6.07) is 13.6. The van der Waals surface area contributed by atoms with Crippen molar-refractivity contribution in [2.45, 2.75) is 26.6 Å². The first-order valence-electron chi connectivity index (χ1n) is 9.13. The van der Waals surface area contributed by atoms with Gasteiger partial charge in [-0.3, -0.25) is 9.48 Å². The number of hydrogen-bond acceptors (Lipinski definition) is 4. The largest absolute Gasteiger partial charge is 0.357 e. The number of aliphatic imine (C=N–C) groups is 1. The predicted octanol–water partition coefficient (Wildman–Crippen LogP) is 3.46. The summed E-state index contributed by atoms with van der Waals surface area (Å²) in [6.07, 6.45) is 3.41. The van der Waals surface area contributed by atoms with Crippen molar-refractivity contribution >= 4 is 52.9 Å². The number of anilines is 1. The van der Waals surface area contributed by atoms with Crippen LogP contribution >= 0.6 is 35.3 Å². The molecule has 1 aromatic carbocycles. The second-order valence-electron chi connectivity index (χ2n) is 6.08. The van der Waals surface area contributed by atoms with Crippen LogP contribution in [0.4, 0.5) is 5.69 Å². The Morgan fingerprint density at radius 3 is 2.83 bits per heavy atom. The molecular weight excluding hydrogens is 499 g/mol. The molecule has 0 aliphatic heterocycles. The third-order valence-corrected chi connectivity index (χ3v) is 4.73. The van der Waals surface area contributed by atoms with Crippen molar-refractivity contribution in [3.63, 3.8) is 0 Å². The Morgan fingerprint density at radius 2 is 2.10 bits per heavy atom. The molecule has 2 heterocycles. The maximum Gasteiger partial charge on any atom is 0.246 e. The molecule has 29 heavy (non-hydrogen) atoms. The molecule has 7 nitrogen and oxygen atoms in total. The topological polar surface area (TPSA) is 83.3 Å². The monoisotopic (exact) mass is 524 g/mol. The molecule has 2 aromatic heterocycles. The molecule has 0 fully saturated rings. The summed E-state index contributed by atoms with van der Waals surface area (Å²) in [6.45, 7) is 4.28. The van der Waals surface area contributed by atoms with E-state index in [0.717, 1.165) is 30.3 Å². The number of hydrogen-bond donors (Lipinski definition) is 3. The minimum Gasteiger partial charge on any atom is -0.357 e. The molecule has 0 spiro atoms.